The minimum atomic E-state index is 0.219. The Labute approximate surface area is 152 Å². The number of hydrogen-bond acceptors (Lipinski definition) is 4. The standard InChI is InChI=1S/C21H32N2O2/c1-18-7-5-14-23(18)15-6-16-25-20-10-8-19(9-11-20)21(24)17-22-12-3-2-4-13-22/h8-11,18H,2-7,12-17H2,1H3. The van der Waals surface area contributed by atoms with Gasteiger partial charge in [0.2, 0.25) is 0 Å². The van der Waals surface area contributed by atoms with Crippen LogP contribution in [0.1, 0.15) is 55.8 Å². The number of ether oxygens (including phenoxy) is 1. The topological polar surface area (TPSA) is 32.8 Å². The normalized spacial score (nSPS) is 22.2. The van der Waals surface area contributed by atoms with E-state index in [-0.39, 0.29) is 5.78 Å². The Morgan fingerprint density at radius 2 is 1.84 bits per heavy atom. The summed E-state index contributed by atoms with van der Waals surface area (Å²) in [4.78, 5) is 17.2. The smallest absolute Gasteiger partial charge is 0.176 e. The molecule has 25 heavy (non-hydrogen) atoms. The van der Waals surface area contributed by atoms with Gasteiger partial charge in [-0.05, 0) is 82.9 Å². The lowest BCUT2D eigenvalue weighted by Gasteiger charge is -2.25. The Hall–Kier alpha value is -1.39. The summed E-state index contributed by atoms with van der Waals surface area (Å²) in [6.07, 6.45) is 7.45. The number of hydrogen-bond donors (Lipinski definition) is 0. The molecular formula is C21H32N2O2. The molecule has 0 amide bonds. The maximum atomic E-state index is 12.4. The summed E-state index contributed by atoms with van der Waals surface area (Å²) in [6, 6.07) is 8.41. The second-order valence-electron chi connectivity index (χ2n) is 7.51. The summed E-state index contributed by atoms with van der Waals surface area (Å²) in [6.45, 7) is 8.07. The maximum absolute atomic E-state index is 12.4. The first kappa shape index (κ1) is 18.4. The third-order valence-electron chi connectivity index (χ3n) is 5.54. The van der Waals surface area contributed by atoms with Crippen molar-refractivity contribution in [1.29, 1.82) is 0 Å². The molecule has 0 radical (unpaired) electrons. The van der Waals surface area contributed by atoms with E-state index in [0.717, 1.165) is 50.0 Å². The molecule has 4 nitrogen and oxygen atoms in total. The summed E-state index contributed by atoms with van der Waals surface area (Å²) in [7, 11) is 0. The van der Waals surface area contributed by atoms with E-state index in [1.165, 1.54) is 38.6 Å². The van der Waals surface area contributed by atoms with Gasteiger partial charge in [0.1, 0.15) is 5.75 Å². The molecule has 1 aromatic carbocycles. The zero-order valence-corrected chi connectivity index (χ0v) is 15.6. The van der Waals surface area contributed by atoms with Crippen LogP contribution in [-0.4, -0.2) is 61.0 Å². The molecule has 1 unspecified atom stereocenters. The Kier molecular flexibility index (Phi) is 6.88. The van der Waals surface area contributed by atoms with Crippen molar-refractivity contribution in [2.45, 2.75) is 51.5 Å². The van der Waals surface area contributed by atoms with Gasteiger partial charge < -0.3 is 9.64 Å². The molecule has 2 saturated heterocycles. The first-order valence-corrected chi connectivity index (χ1v) is 9.95. The van der Waals surface area contributed by atoms with Crippen LogP contribution in [0.15, 0.2) is 24.3 Å². The molecule has 2 aliphatic heterocycles. The fraction of sp³-hybridized carbons (Fsp3) is 0.667. The van der Waals surface area contributed by atoms with Crippen molar-refractivity contribution in [2.24, 2.45) is 0 Å². The van der Waals surface area contributed by atoms with Crippen molar-refractivity contribution in [1.82, 2.24) is 9.80 Å². The molecule has 3 rings (SSSR count). The van der Waals surface area contributed by atoms with Gasteiger partial charge in [-0.3, -0.25) is 9.69 Å². The van der Waals surface area contributed by atoms with Crippen LogP contribution in [0, 0.1) is 0 Å². The first-order valence-electron chi connectivity index (χ1n) is 9.95. The molecular weight excluding hydrogens is 312 g/mol. The monoisotopic (exact) mass is 344 g/mol. The molecule has 1 atom stereocenters. The molecule has 138 valence electrons. The Balaban J connectivity index is 1.38. The number of nitrogens with zero attached hydrogens (tertiary/aromatic N) is 2. The average molecular weight is 344 g/mol. The molecule has 0 aromatic heterocycles. The third-order valence-corrected chi connectivity index (χ3v) is 5.54. The zero-order chi connectivity index (χ0) is 17.5. The number of carbonyl (C=O) groups is 1. The summed E-state index contributed by atoms with van der Waals surface area (Å²) in [5.41, 5.74) is 0.795. The Morgan fingerprint density at radius 1 is 1.08 bits per heavy atom. The van der Waals surface area contributed by atoms with Crippen molar-refractivity contribution in [2.75, 3.05) is 39.3 Å². The van der Waals surface area contributed by atoms with Crippen molar-refractivity contribution < 1.29 is 9.53 Å². The number of carbonyl (C=O) groups excluding carboxylic acids is 1. The van der Waals surface area contributed by atoms with Gasteiger partial charge in [-0.25, -0.2) is 0 Å². The van der Waals surface area contributed by atoms with E-state index >= 15 is 0 Å². The van der Waals surface area contributed by atoms with E-state index in [1.807, 2.05) is 24.3 Å². The zero-order valence-electron chi connectivity index (χ0n) is 15.6. The van der Waals surface area contributed by atoms with E-state index in [4.69, 9.17) is 4.74 Å². The molecule has 2 aliphatic rings. The van der Waals surface area contributed by atoms with Crippen LogP contribution in [0.25, 0.3) is 0 Å². The van der Waals surface area contributed by atoms with Gasteiger partial charge in [0, 0.05) is 18.2 Å². The van der Waals surface area contributed by atoms with Crippen LogP contribution in [0.4, 0.5) is 0 Å². The number of benzene rings is 1. The van der Waals surface area contributed by atoms with Crippen molar-refractivity contribution in [3.05, 3.63) is 29.8 Å². The SMILES string of the molecule is CC1CCCN1CCCOc1ccc(C(=O)CN2CCCCC2)cc1. The van der Waals surface area contributed by atoms with E-state index < -0.39 is 0 Å². The predicted molar refractivity (Wildman–Crippen MR) is 101 cm³/mol. The number of likely N-dealkylation sites (tertiary alicyclic amines) is 2. The van der Waals surface area contributed by atoms with Gasteiger partial charge in [-0.2, -0.15) is 0 Å². The van der Waals surface area contributed by atoms with E-state index in [1.54, 1.807) is 0 Å². The average Bonchev–Trinajstić information content (AvgIpc) is 3.05. The summed E-state index contributed by atoms with van der Waals surface area (Å²) in [5, 5.41) is 0. The van der Waals surface area contributed by atoms with Gasteiger partial charge in [0.25, 0.3) is 0 Å². The fourth-order valence-corrected chi connectivity index (χ4v) is 3.93. The molecule has 0 spiro atoms. The van der Waals surface area contributed by atoms with Crippen LogP contribution in [0.2, 0.25) is 0 Å². The highest BCUT2D eigenvalue weighted by atomic mass is 16.5. The highest BCUT2D eigenvalue weighted by Crippen LogP contribution is 2.17. The number of piperidine rings is 1. The molecule has 2 fully saturated rings. The van der Waals surface area contributed by atoms with Gasteiger partial charge in [0.15, 0.2) is 5.78 Å². The Bertz CT molecular complexity index is 537. The lowest BCUT2D eigenvalue weighted by molar-refractivity contribution is 0.0915. The first-order chi connectivity index (χ1) is 12.2. The van der Waals surface area contributed by atoms with E-state index in [0.29, 0.717) is 6.54 Å². The third kappa shape index (κ3) is 5.55. The quantitative estimate of drug-likeness (QED) is 0.533. The van der Waals surface area contributed by atoms with Crippen LogP contribution in [0.5, 0.6) is 5.75 Å². The minimum absolute atomic E-state index is 0.219. The van der Waals surface area contributed by atoms with Crippen molar-refractivity contribution >= 4 is 5.78 Å². The second-order valence-corrected chi connectivity index (χ2v) is 7.51. The van der Waals surface area contributed by atoms with Crippen LogP contribution >= 0.6 is 0 Å². The van der Waals surface area contributed by atoms with Crippen molar-refractivity contribution in [3.63, 3.8) is 0 Å². The lowest BCUT2D eigenvalue weighted by Crippen LogP contribution is -2.34. The summed E-state index contributed by atoms with van der Waals surface area (Å²) < 4.78 is 5.84. The molecule has 0 N–H and O–H groups in total. The largest absolute Gasteiger partial charge is 0.494 e. The van der Waals surface area contributed by atoms with Gasteiger partial charge in [-0.1, -0.05) is 6.42 Å². The maximum Gasteiger partial charge on any atom is 0.176 e. The lowest BCUT2D eigenvalue weighted by atomic mass is 10.1. The molecule has 4 heteroatoms. The number of rotatable bonds is 8. The summed E-state index contributed by atoms with van der Waals surface area (Å²) >= 11 is 0. The second kappa shape index (κ2) is 9.35. The molecule has 0 bridgehead atoms. The number of ketones is 1. The van der Waals surface area contributed by atoms with Gasteiger partial charge in [-0.15, -0.1) is 0 Å². The molecule has 0 saturated carbocycles. The van der Waals surface area contributed by atoms with Gasteiger partial charge >= 0.3 is 0 Å². The highest BCUT2D eigenvalue weighted by Gasteiger charge is 2.19. The fourth-order valence-electron chi connectivity index (χ4n) is 3.93. The Morgan fingerprint density at radius 3 is 2.52 bits per heavy atom. The van der Waals surface area contributed by atoms with Crippen LogP contribution in [0.3, 0.4) is 0 Å². The van der Waals surface area contributed by atoms with Crippen molar-refractivity contribution in [3.8, 4) is 5.75 Å². The summed E-state index contributed by atoms with van der Waals surface area (Å²) in [5.74, 6) is 1.08. The van der Waals surface area contributed by atoms with E-state index in [2.05, 4.69) is 16.7 Å². The minimum Gasteiger partial charge on any atom is -0.494 e. The van der Waals surface area contributed by atoms with Gasteiger partial charge in [0.05, 0.1) is 13.2 Å². The predicted octanol–water partition coefficient (Wildman–Crippen LogP) is 3.61. The highest BCUT2D eigenvalue weighted by molar-refractivity contribution is 5.97. The van der Waals surface area contributed by atoms with E-state index in [9.17, 15) is 4.79 Å². The van der Waals surface area contributed by atoms with Crippen LogP contribution in [-0.2, 0) is 0 Å². The molecule has 0 aliphatic carbocycles. The molecule has 1 aromatic rings. The molecule has 2 heterocycles. The number of Topliss-reactive ketones (excluding diaryl/α,β-unsaturated/α-hetero) is 1. The van der Waals surface area contributed by atoms with Crippen LogP contribution < -0.4 is 4.74 Å².